The number of aliphatic hydroxyl groups is 1. The third kappa shape index (κ3) is 4.16. The summed E-state index contributed by atoms with van der Waals surface area (Å²) in [5.41, 5.74) is 2.07. The highest BCUT2D eigenvalue weighted by atomic mass is 32.2. The van der Waals surface area contributed by atoms with Crippen molar-refractivity contribution in [2.45, 2.75) is 30.4 Å². The van der Waals surface area contributed by atoms with Gasteiger partial charge >= 0.3 is 0 Å². The monoisotopic (exact) mass is 414 g/mol. The summed E-state index contributed by atoms with van der Waals surface area (Å²) >= 11 is 0. The van der Waals surface area contributed by atoms with Crippen LogP contribution in [0.4, 0.5) is 0 Å². The molecule has 8 nitrogen and oxygen atoms in total. The summed E-state index contributed by atoms with van der Waals surface area (Å²) in [6, 6.07) is 9.93. The summed E-state index contributed by atoms with van der Waals surface area (Å²) in [5, 5.41) is 12.6. The number of carbonyl (C=O) groups is 1. The molecule has 1 atom stereocenters. The molecule has 3 heterocycles. The van der Waals surface area contributed by atoms with Crippen LogP contribution in [0.1, 0.15) is 28.8 Å². The first-order valence-electron chi connectivity index (χ1n) is 9.41. The van der Waals surface area contributed by atoms with Gasteiger partial charge in [-0.3, -0.25) is 4.79 Å². The Morgan fingerprint density at radius 2 is 2.00 bits per heavy atom. The SMILES string of the molecule is O=C(NCc1ccc(S(=O)(=O)N2CCC[C@H](O)C2)cc1)c1ccc2nccn2c1. The van der Waals surface area contributed by atoms with Crippen molar-refractivity contribution in [2.24, 2.45) is 0 Å². The van der Waals surface area contributed by atoms with E-state index in [1.54, 1.807) is 47.3 Å². The van der Waals surface area contributed by atoms with Gasteiger partial charge in [0.15, 0.2) is 0 Å². The first-order valence-corrected chi connectivity index (χ1v) is 10.9. The first-order chi connectivity index (χ1) is 13.9. The van der Waals surface area contributed by atoms with E-state index in [1.807, 2.05) is 0 Å². The number of fused-ring (bicyclic) bond motifs is 1. The van der Waals surface area contributed by atoms with Crippen LogP contribution in [0.25, 0.3) is 5.65 Å². The molecule has 0 aliphatic carbocycles. The van der Waals surface area contributed by atoms with Gasteiger partial charge < -0.3 is 14.8 Å². The number of nitrogens with one attached hydrogen (secondary N) is 1. The Morgan fingerprint density at radius 1 is 1.21 bits per heavy atom. The molecule has 1 aliphatic rings. The number of pyridine rings is 1. The molecule has 2 N–H and O–H groups in total. The van der Waals surface area contributed by atoms with Crippen LogP contribution >= 0.6 is 0 Å². The topological polar surface area (TPSA) is 104 Å². The van der Waals surface area contributed by atoms with Crippen molar-refractivity contribution in [1.29, 1.82) is 0 Å². The molecule has 1 amide bonds. The van der Waals surface area contributed by atoms with Gasteiger partial charge in [-0.15, -0.1) is 0 Å². The molecule has 1 aromatic carbocycles. The number of sulfonamides is 1. The quantitative estimate of drug-likeness (QED) is 0.657. The van der Waals surface area contributed by atoms with Crippen LogP contribution < -0.4 is 5.32 Å². The Balaban J connectivity index is 1.40. The standard InChI is InChI=1S/C20H22N4O4S/c25-17-2-1-10-24(14-17)29(27,28)18-6-3-15(4-7-18)12-22-20(26)16-5-8-19-21-9-11-23(19)13-16/h3-9,11,13,17,25H,1-2,10,12,14H2,(H,22,26)/t17-/m0/s1. The smallest absolute Gasteiger partial charge is 0.253 e. The van der Waals surface area contributed by atoms with E-state index in [1.165, 1.54) is 16.4 Å². The molecule has 29 heavy (non-hydrogen) atoms. The summed E-state index contributed by atoms with van der Waals surface area (Å²) in [7, 11) is -3.62. The van der Waals surface area contributed by atoms with E-state index in [9.17, 15) is 18.3 Å². The first kappa shape index (κ1) is 19.6. The third-order valence-corrected chi connectivity index (χ3v) is 6.90. The number of benzene rings is 1. The van der Waals surface area contributed by atoms with Crippen molar-refractivity contribution in [1.82, 2.24) is 19.0 Å². The highest BCUT2D eigenvalue weighted by Gasteiger charge is 2.29. The van der Waals surface area contributed by atoms with E-state index < -0.39 is 16.1 Å². The summed E-state index contributed by atoms with van der Waals surface area (Å²) in [5.74, 6) is -0.223. The molecule has 3 aromatic rings. The van der Waals surface area contributed by atoms with Crippen LogP contribution in [0, 0.1) is 0 Å². The molecule has 0 spiro atoms. The predicted molar refractivity (Wildman–Crippen MR) is 107 cm³/mol. The highest BCUT2D eigenvalue weighted by Crippen LogP contribution is 2.21. The normalized spacial score (nSPS) is 18.0. The maximum absolute atomic E-state index is 12.7. The number of imidazole rings is 1. The Bertz CT molecular complexity index is 1120. The molecule has 0 bridgehead atoms. The number of nitrogens with zero attached hydrogens (tertiary/aromatic N) is 3. The number of piperidine rings is 1. The second-order valence-electron chi connectivity index (χ2n) is 7.10. The van der Waals surface area contributed by atoms with E-state index in [0.29, 0.717) is 24.9 Å². The minimum atomic E-state index is -3.62. The lowest BCUT2D eigenvalue weighted by molar-refractivity contribution is 0.0950. The fraction of sp³-hybridized carbons (Fsp3) is 0.300. The number of hydrogen-bond donors (Lipinski definition) is 2. The Kier molecular flexibility index (Phi) is 5.35. The zero-order chi connectivity index (χ0) is 20.4. The Morgan fingerprint density at radius 3 is 2.76 bits per heavy atom. The third-order valence-electron chi connectivity index (χ3n) is 5.02. The second kappa shape index (κ2) is 7.94. The molecular weight excluding hydrogens is 392 g/mol. The van der Waals surface area contributed by atoms with Gasteiger partial charge in [0.1, 0.15) is 5.65 Å². The van der Waals surface area contributed by atoms with Gasteiger partial charge in [-0.05, 0) is 42.7 Å². The van der Waals surface area contributed by atoms with Crippen molar-refractivity contribution in [3.8, 4) is 0 Å². The van der Waals surface area contributed by atoms with E-state index in [4.69, 9.17) is 0 Å². The molecule has 0 unspecified atom stereocenters. The van der Waals surface area contributed by atoms with Gasteiger partial charge in [-0.25, -0.2) is 13.4 Å². The molecule has 1 saturated heterocycles. The van der Waals surface area contributed by atoms with Gasteiger partial charge in [0.2, 0.25) is 10.0 Å². The van der Waals surface area contributed by atoms with E-state index in [-0.39, 0.29) is 23.9 Å². The minimum Gasteiger partial charge on any atom is -0.392 e. The molecular formula is C20H22N4O4S. The maximum Gasteiger partial charge on any atom is 0.253 e. The molecule has 9 heteroatoms. The Labute approximate surface area is 168 Å². The molecule has 2 aromatic heterocycles. The average molecular weight is 414 g/mol. The second-order valence-corrected chi connectivity index (χ2v) is 9.03. The van der Waals surface area contributed by atoms with E-state index in [0.717, 1.165) is 11.2 Å². The molecule has 0 radical (unpaired) electrons. The van der Waals surface area contributed by atoms with Gasteiger partial charge in [-0.2, -0.15) is 4.31 Å². The number of hydrogen-bond acceptors (Lipinski definition) is 5. The zero-order valence-corrected chi connectivity index (χ0v) is 16.5. The Hall–Kier alpha value is -2.75. The largest absolute Gasteiger partial charge is 0.392 e. The number of carbonyl (C=O) groups excluding carboxylic acids is 1. The lowest BCUT2D eigenvalue weighted by Crippen LogP contribution is -2.42. The van der Waals surface area contributed by atoms with Crippen LogP contribution in [-0.2, 0) is 16.6 Å². The molecule has 152 valence electrons. The van der Waals surface area contributed by atoms with Crippen molar-refractivity contribution in [2.75, 3.05) is 13.1 Å². The van der Waals surface area contributed by atoms with Crippen LogP contribution in [0.15, 0.2) is 59.9 Å². The van der Waals surface area contributed by atoms with Crippen LogP contribution in [0.5, 0.6) is 0 Å². The zero-order valence-electron chi connectivity index (χ0n) is 15.7. The van der Waals surface area contributed by atoms with Crippen LogP contribution in [0.2, 0.25) is 0 Å². The highest BCUT2D eigenvalue weighted by molar-refractivity contribution is 7.89. The summed E-state index contributed by atoms with van der Waals surface area (Å²) in [6.07, 6.45) is 5.80. The summed E-state index contributed by atoms with van der Waals surface area (Å²) < 4.78 is 28.5. The van der Waals surface area contributed by atoms with E-state index >= 15 is 0 Å². The lowest BCUT2D eigenvalue weighted by Gasteiger charge is -2.29. The number of aromatic nitrogens is 2. The number of aliphatic hydroxyl groups excluding tert-OH is 1. The average Bonchev–Trinajstić information content (AvgIpc) is 3.20. The van der Waals surface area contributed by atoms with Crippen molar-refractivity contribution >= 4 is 21.6 Å². The van der Waals surface area contributed by atoms with Gasteiger partial charge in [0.05, 0.1) is 16.6 Å². The van der Waals surface area contributed by atoms with Crippen molar-refractivity contribution in [3.05, 3.63) is 66.1 Å². The molecule has 1 aliphatic heterocycles. The molecule has 1 fully saturated rings. The van der Waals surface area contributed by atoms with E-state index in [2.05, 4.69) is 10.3 Å². The summed E-state index contributed by atoms with van der Waals surface area (Å²) in [6.45, 7) is 0.823. The maximum atomic E-state index is 12.7. The van der Waals surface area contributed by atoms with Gasteiger partial charge in [0.25, 0.3) is 5.91 Å². The minimum absolute atomic E-state index is 0.126. The van der Waals surface area contributed by atoms with Gasteiger partial charge in [-0.1, -0.05) is 12.1 Å². The van der Waals surface area contributed by atoms with Crippen molar-refractivity contribution in [3.63, 3.8) is 0 Å². The van der Waals surface area contributed by atoms with Crippen LogP contribution in [-0.4, -0.2) is 52.3 Å². The van der Waals surface area contributed by atoms with Crippen molar-refractivity contribution < 1.29 is 18.3 Å². The fourth-order valence-corrected chi connectivity index (χ4v) is 4.92. The number of β-amino-alcohol motifs (C(OH)–C–C–N with tert-alkyl or cyclic N) is 1. The predicted octanol–water partition coefficient (Wildman–Crippen LogP) is 1.41. The van der Waals surface area contributed by atoms with Crippen LogP contribution in [0.3, 0.4) is 0 Å². The summed E-state index contributed by atoms with van der Waals surface area (Å²) in [4.78, 5) is 16.7. The molecule has 0 saturated carbocycles. The number of amides is 1. The number of rotatable bonds is 5. The lowest BCUT2D eigenvalue weighted by atomic mass is 10.1. The van der Waals surface area contributed by atoms with Gasteiger partial charge in [0, 0.05) is 38.2 Å². The molecule has 4 rings (SSSR count). The fourth-order valence-electron chi connectivity index (χ4n) is 3.41.